The Kier molecular flexibility index (Phi) is 4.25. The van der Waals surface area contributed by atoms with Crippen molar-refractivity contribution in [1.29, 1.82) is 5.26 Å². The lowest BCUT2D eigenvalue weighted by Crippen LogP contribution is -2.38. The highest BCUT2D eigenvalue weighted by atomic mass is 32.2. The average Bonchev–Trinajstić information content (AvgIpc) is 3.21. The lowest BCUT2D eigenvalue weighted by molar-refractivity contribution is -0.137. The maximum atomic E-state index is 13.5. The van der Waals surface area contributed by atoms with Crippen molar-refractivity contribution in [1.82, 2.24) is 4.72 Å². The van der Waals surface area contributed by atoms with Crippen LogP contribution in [-0.2, 0) is 14.8 Å². The summed E-state index contributed by atoms with van der Waals surface area (Å²) in [5, 5.41) is 17.7. The van der Waals surface area contributed by atoms with Gasteiger partial charge in [0.25, 0.3) is 0 Å². The van der Waals surface area contributed by atoms with Crippen LogP contribution in [0.25, 0.3) is 0 Å². The molecule has 1 aliphatic carbocycles. The minimum absolute atomic E-state index is 0.0324. The molecule has 0 saturated heterocycles. The Morgan fingerprint density at radius 1 is 1.52 bits per heavy atom. The van der Waals surface area contributed by atoms with Gasteiger partial charge >= 0.3 is 5.97 Å². The van der Waals surface area contributed by atoms with Crippen LogP contribution in [0.1, 0.15) is 24.8 Å². The fourth-order valence-corrected chi connectivity index (χ4v) is 3.56. The van der Waals surface area contributed by atoms with E-state index in [0.717, 1.165) is 25.0 Å². The molecule has 1 atom stereocenters. The number of nitriles is 1. The number of nitrogens with one attached hydrogen (secondary N) is 1. The van der Waals surface area contributed by atoms with E-state index in [1.54, 1.807) is 0 Å². The number of carboxylic acids is 1. The zero-order chi connectivity index (χ0) is 15.6. The van der Waals surface area contributed by atoms with Crippen LogP contribution in [0.4, 0.5) is 4.39 Å². The molecular formula is C13H13FN2O4S. The Morgan fingerprint density at radius 2 is 2.19 bits per heavy atom. The number of aliphatic carboxylic acids is 1. The predicted octanol–water partition coefficient (Wildman–Crippen LogP) is 1.23. The summed E-state index contributed by atoms with van der Waals surface area (Å²) in [5.41, 5.74) is -0.574. The summed E-state index contributed by atoms with van der Waals surface area (Å²) in [7, 11) is -4.15. The molecule has 2 N–H and O–H groups in total. The molecule has 8 heteroatoms. The zero-order valence-corrected chi connectivity index (χ0v) is 11.7. The van der Waals surface area contributed by atoms with Crippen LogP contribution >= 0.6 is 0 Å². The highest BCUT2D eigenvalue weighted by Crippen LogP contribution is 2.35. The number of rotatable bonds is 6. The summed E-state index contributed by atoms with van der Waals surface area (Å²) in [5.74, 6) is -2.08. The van der Waals surface area contributed by atoms with Crippen LogP contribution in [-0.4, -0.2) is 25.5 Å². The van der Waals surface area contributed by atoms with Crippen molar-refractivity contribution in [2.45, 2.75) is 30.2 Å². The largest absolute Gasteiger partial charge is 0.481 e. The van der Waals surface area contributed by atoms with Crippen LogP contribution in [0.2, 0.25) is 0 Å². The Morgan fingerprint density at radius 3 is 2.71 bits per heavy atom. The van der Waals surface area contributed by atoms with Gasteiger partial charge < -0.3 is 5.11 Å². The monoisotopic (exact) mass is 312 g/mol. The quantitative estimate of drug-likeness (QED) is 0.821. The van der Waals surface area contributed by atoms with Gasteiger partial charge in [-0.25, -0.2) is 17.5 Å². The Bertz CT molecular complexity index is 707. The number of nitrogens with zero attached hydrogens (tertiary/aromatic N) is 1. The SMILES string of the molecule is N#Cc1c(F)cccc1S(=O)(=O)NC(CC(=O)O)C1CC1. The van der Waals surface area contributed by atoms with Crippen molar-refractivity contribution in [3.63, 3.8) is 0 Å². The van der Waals surface area contributed by atoms with Crippen LogP contribution < -0.4 is 4.72 Å². The van der Waals surface area contributed by atoms with E-state index in [1.165, 1.54) is 12.1 Å². The number of hydrogen-bond acceptors (Lipinski definition) is 4. The molecule has 1 aromatic rings. The molecule has 2 rings (SSSR count). The molecule has 112 valence electrons. The van der Waals surface area contributed by atoms with Crippen molar-refractivity contribution >= 4 is 16.0 Å². The van der Waals surface area contributed by atoms with E-state index in [2.05, 4.69) is 4.72 Å². The van der Waals surface area contributed by atoms with Crippen LogP contribution in [0, 0.1) is 23.1 Å². The fraction of sp³-hybridized carbons (Fsp3) is 0.385. The van der Waals surface area contributed by atoms with Gasteiger partial charge in [-0.05, 0) is 30.9 Å². The van der Waals surface area contributed by atoms with Gasteiger partial charge in [0.05, 0.1) is 6.42 Å². The summed E-state index contributed by atoms with van der Waals surface area (Å²) in [6.07, 6.45) is 1.14. The smallest absolute Gasteiger partial charge is 0.304 e. The maximum Gasteiger partial charge on any atom is 0.304 e. The summed E-state index contributed by atoms with van der Waals surface area (Å²) in [6, 6.07) is 4.07. The molecular weight excluding hydrogens is 299 g/mol. The normalized spacial score (nSPS) is 16.2. The first-order valence-corrected chi connectivity index (χ1v) is 7.76. The van der Waals surface area contributed by atoms with Gasteiger partial charge in [-0.3, -0.25) is 4.79 Å². The van der Waals surface area contributed by atoms with E-state index < -0.39 is 38.3 Å². The average molecular weight is 312 g/mol. The maximum absolute atomic E-state index is 13.5. The predicted molar refractivity (Wildman–Crippen MR) is 70.2 cm³/mol. The van der Waals surface area contributed by atoms with E-state index in [0.29, 0.717) is 0 Å². The van der Waals surface area contributed by atoms with Crippen molar-refractivity contribution < 1.29 is 22.7 Å². The van der Waals surface area contributed by atoms with Crippen LogP contribution in [0.5, 0.6) is 0 Å². The number of halogens is 1. The van der Waals surface area contributed by atoms with Gasteiger partial charge in [0.15, 0.2) is 0 Å². The topological polar surface area (TPSA) is 107 Å². The first kappa shape index (κ1) is 15.4. The molecule has 1 aliphatic rings. The summed E-state index contributed by atoms with van der Waals surface area (Å²) in [6.45, 7) is 0. The molecule has 0 amide bonds. The second kappa shape index (κ2) is 5.79. The van der Waals surface area contributed by atoms with Crippen LogP contribution in [0.15, 0.2) is 23.1 Å². The van der Waals surface area contributed by atoms with Crippen molar-refractivity contribution in [2.24, 2.45) is 5.92 Å². The molecule has 1 aromatic carbocycles. The molecule has 0 radical (unpaired) electrons. The molecule has 1 saturated carbocycles. The molecule has 1 fully saturated rings. The lowest BCUT2D eigenvalue weighted by Gasteiger charge is -2.17. The third kappa shape index (κ3) is 3.56. The Balaban J connectivity index is 2.32. The van der Waals surface area contributed by atoms with Gasteiger partial charge in [-0.2, -0.15) is 5.26 Å². The number of hydrogen-bond donors (Lipinski definition) is 2. The van der Waals surface area contributed by atoms with E-state index in [9.17, 15) is 17.6 Å². The Hall–Kier alpha value is -1.98. The molecule has 0 aliphatic heterocycles. The first-order chi connectivity index (χ1) is 9.85. The molecule has 1 unspecified atom stereocenters. The van der Waals surface area contributed by atoms with Gasteiger partial charge in [0.1, 0.15) is 22.3 Å². The van der Waals surface area contributed by atoms with Crippen molar-refractivity contribution in [3.05, 3.63) is 29.6 Å². The van der Waals surface area contributed by atoms with Crippen molar-refractivity contribution in [2.75, 3.05) is 0 Å². The third-order valence-corrected chi connectivity index (χ3v) is 4.80. The third-order valence-electron chi connectivity index (χ3n) is 3.27. The number of benzene rings is 1. The molecule has 21 heavy (non-hydrogen) atoms. The minimum atomic E-state index is -4.15. The summed E-state index contributed by atoms with van der Waals surface area (Å²) >= 11 is 0. The standard InChI is InChI=1S/C13H13FN2O4S/c14-10-2-1-3-12(9(10)7-15)21(19,20)16-11(6-13(17)18)8-4-5-8/h1-3,8,11,16H,4-6H2,(H,17,18). The number of carbonyl (C=O) groups is 1. The van der Waals surface area contributed by atoms with Gasteiger partial charge in [0, 0.05) is 6.04 Å². The number of sulfonamides is 1. The second-order valence-electron chi connectivity index (χ2n) is 4.89. The molecule has 6 nitrogen and oxygen atoms in total. The van der Waals surface area contributed by atoms with E-state index >= 15 is 0 Å². The lowest BCUT2D eigenvalue weighted by atomic mass is 10.1. The number of carboxylic acid groups (broad SMARTS) is 1. The second-order valence-corrected chi connectivity index (χ2v) is 6.57. The molecule has 0 bridgehead atoms. The molecule has 0 spiro atoms. The van der Waals surface area contributed by atoms with Gasteiger partial charge in [-0.15, -0.1) is 0 Å². The highest BCUT2D eigenvalue weighted by Gasteiger charge is 2.36. The van der Waals surface area contributed by atoms with E-state index in [4.69, 9.17) is 10.4 Å². The Labute approximate surface area is 121 Å². The van der Waals surface area contributed by atoms with E-state index in [-0.39, 0.29) is 12.3 Å². The van der Waals surface area contributed by atoms with E-state index in [1.807, 2.05) is 0 Å². The van der Waals surface area contributed by atoms with Gasteiger partial charge in [0.2, 0.25) is 10.0 Å². The summed E-state index contributed by atoms with van der Waals surface area (Å²) < 4.78 is 40.3. The molecule has 0 aromatic heterocycles. The first-order valence-electron chi connectivity index (χ1n) is 6.28. The minimum Gasteiger partial charge on any atom is -0.481 e. The van der Waals surface area contributed by atoms with Crippen molar-refractivity contribution in [3.8, 4) is 6.07 Å². The highest BCUT2D eigenvalue weighted by molar-refractivity contribution is 7.89. The summed E-state index contributed by atoms with van der Waals surface area (Å²) in [4.78, 5) is 10.3. The van der Waals surface area contributed by atoms with Crippen LogP contribution in [0.3, 0.4) is 0 Å². The fourth-order valence-electron chi connectivity index (χ4n) is 2.09. The van der Waals surface area contributed by atoms with Gasteiger partial charge in [-0.1, -0.05) is 6.07 Å². The zero-order valence-electron chi connectivity index (χ0n) is 10.9. The molecule has 0 heterocycles.